The smallest absolute Gasteiger partial charge is 0.0347 e. The summed E-state index contributed by atoms with van der Waals surface area (Å²) in [4.78, 5) is 4.17. The van der Waals surface area contributed by atoms with Gasteiger partial charge in [0.05, 0.1) is 0 Å². The van der Waals surface area contributed by atoms with E-state index in [0.29, 0.717) is 5.92 Å². The Bertz CT molecular complexity index is 249. The fourth-order valence-electron chi connectivity index (χ4n) is 1.31. The Morgan fingerprint density at radius 2 is 1.62 bits per heavy atom. The molecule has 0 saturated heterocycles. The van der Waals surface area contributed by atoms with E-state index in [1.807, 2.05) is 13.1 Å². The van der Waals surface area contributed by atoms with Crippen LogP contribution in [0.25, 0.3) is 0 Å². The molecule has 0 aliphatic carbocycles. The zero-order valence-electron chi connectivity index (χ0n) is 12.4. The van der Waals surface area contributed by atoms with Gasteiger partial charge in [-0.05, 0) is 30.8 Å². The van der Waals surface area contributed by atoms with Gasteiger partial charge < -0.3 is 0 Å². The molecule has 0 aromatic rings. The first-order valence-corrected chi connectivity index (χ1v) is 5.93. The maximum absolute atomic E-state index is 4.17. The highest BCUT2D eigenvalue weighted by Gasteiger charge is 2.17. The first-order chi connectivity index (χ1) is 7.20. The summed E-state index contributed by atoms with van der Waals surface area (Å²) in [6, 6.07) is 0. The number of hydrogen-bond donors (Lipinski definition) is 0. The Morgan fingerprint density at radius 1 is 1.25 bits per heavy atom. The fourth-order valence-corrected chi connectivity index (χ4v) is 1.31. The van der Waals surface area contributed by atoms with E-state index >= 15 is 0 Å². The van der Waals surface area contributed by atoms with Crippen molar-refractivity contribution >= 4 is 5.71 Å². The zero-order valence-corrected chi connectivity index (χ0v) is 12.4. The molecule has 0 heterocycles. The highest BCUT2D eigenvalue weighted by Crippen LogP contribution is 2.25. The van der Waals surface area contributed by atoms with Gasteiger partial charge in [-0.1, -0.05) is 46.8 Å². The summed E-state index contributed by atoms with van der Waals surface area (Å²) in [5, 5.41) is 0. The molecule has 0 amide bonds. The maximum atomic E-state index is 4.17. The summed E-state index contributed by atoms with van der Waals surface area (Å²) in [5.74, 6) is 0.648. The number of allylic oxidation sites excluding steroid dienone is 3. The Hall–Kier alpha value is -0.850. The Labute approximate surface area is 102 Å². The molecule has 0 bridgehead atoms. The number of hydrogen-bond acceptors (Lipinski definition) is 1. The maximum Gasteiger partial charge on any atom is 0.0347 e. The first kappa shape index (κ1) is 17.5. The highest BCUT2D eigenvalue weighted by atomic mass is 14.7. The second kappa shape index (κ2) is 8.32. The van der Waals surface area contributed by atoms with Crippen molar-refractivity contribution in [2.75, 3.05) is 7.05 Å². The molecule has 0 aromatic carbocycles. The van der Waals surface area contributed by atoms with Crippen LogP contribution in [0.3, 0.4) is 0 Å². The average Bonchev–Trinajstić information content (AvgIpc) is 2.17. The Morgan fingerprint density at radius 3 is 1.69 bits per heavy atom. The molecule has 16 heavy (non-hydrogen) atoms. The number of nitrogens with zero attached hydrogens (tertiary/aromatic N) is 1. The van der Waals surface area contributed by atoms with Crippen LogP contribution in [0.1, 0.15) is 48.5 Å². The monoisotopic (exact) mass is 223 g/mol. The van der Waals surface area contributed by atoms with Gasteiger partial charge in [0.15, 0.2) is 0 Å². The summed E-state index contributed by atoms with van der Waals surface area (Å²) in [7, 11) is 1.84. The van der Waals surface area contributed by atoms with E-state index in [2.05, 4.69) is 66.1 Å². The second-order valence-electron chi connectivity index (χ2n) is 5.24. The average molecular weight is 223 g/mol. The van der Waals surface area contributed by atoms with Crippen molar-refractivity contribution in [2.45, 2.75) is 48.5 Å². The lowest BCUT2D eigenvalue weighted by molar-refractivity contribution is 0.523. The summed E-state index contributed by atoms with van der Waals surface area (Å²) in [5.41, 5.74) is 2.69. The second-order valence-corrected chi connectivity index (χ2v) is 5.24. The predicted molar refractivity (Wildman–Crippen MR) is 77.3 cm³/mol. The molecule has 0 unspecified atom stereocenters. The van der Waals surface area contributed by atoms with Crippen LogP contribution in [0.15, 0.2) is 29.3 Å². The molecule has 0 N–H and O–H groups in total. The molecule has 0 aliphatic heterocycles. The quantitative estimate of drug-likeness (QED) is 0.466. The van der Waals surface area contributed by atoms with Gasteiger partial charge in [-0.15, -0.1) is 6.58 Å². The Balaban J connectivity index is 0. The minimum Gasteiger partial charge on any atom is -0.293 e. The molecular weight excluding hydrogens is 194 g/mol. The number of aliphatic imine (C=N–C) groups is 1. The predicted octanol–water partition coefficient (Wildman–Crippen LogP) is 4.90. The van der Waals surface area contributed by atoms with Crippen molar-refractivity contribution in [3.63, 3.8) is 0 Å². The molecule has 94 valence electrons. The van der Waals surface area contributed by atoms with Crippen LogP contribution >= 0.6 is 0 Å². The van der Waals surface area contributed by atoms with Gasteiger partial charge in [0.25, 0.3) is 0 Å². The van der Waals surface area contributed by atoms with Gasteiger partial charge in [-0.25, -0.2) is 0 Å². The minimum absolute atomic E-state index is 0.221. The molecule has 0 atom stereocenters. The van der Waals surface area contributed by atoms with Crippen LogP contribution in [0.2, 0.25) is 0 Å². The molecule has 0 aromatic heterocycles. The first-order valence-electron chi connectivity index (χ1n) is 5.93. The lowest BCUT2D eigenvalue weighted by atomic mass is 9.84. The SMILES string of the molecule is C/C=C(\C(C)=NC)C(C)(C)C.C=CC(C)C. The fraction of sp³-hybridized carbons (Fsp3) is 0.667. The summed E-state index contributed by atoms with van der Waals surface area (Å²) < 4.78 is 0. The van der Waals surface area contributed by atoms with Crippen LogP contribution in [-0.4, -0.2) is 12.8 Å². The molecule has 0 spiro atoms. The van der Waals surface area contributed by atoms with Crippen molar-refractivity contribution in [1.29, 1.82) is 0 Å². The summed E-state index contributed by atoms with van der Waals surface area (Å²) in [6.45, 7) is 18.5. The molecule has 0 rings (SSSR count). The largest absolute Gasteiger partial charge is 0.293 e. The molecule has 0 radical (unpaired) electrons. The molecule has 1 nitrogen and oxygen atoms in total. The van der Waals surface area contributed by atoms with Crippen molar-refractivity contribution in [2.24, 2.45) is 16.3 Å². The molecular formula is C15H29N. The van der Waals surface area contributed by atoms with Crippen molar-refractivity contribution in [3.05, 3.63) is 24.3 Å². The van der Waals surface area contributed by atoms with E-state index in [-0.39, 0.29) is 5.41 Å². The third kappa shape index (κ3) is 8.46. The van der Waals surface area contributed by atoms with Gasteiger partial charge in [0, 0.05) is 12.8 Å². The van der Waals surface area contributed by atoms with Crippen molar-refractivity contribution < 1.29 is 0 Å². The van der Waals surface area contributed by atoms with Gasteiger partial charge in [-0.3, -0.25) is 4.99 Å². The van der Waals surface area contributed by atoms with Crippen LogP contribution in [0.4, 0.5) is 0 Å². The molecule has 0 aliphatic rings. The van der Waals surface area contributed by atoms with Gasteiger partial charge in [0.1, 0.15) is 0 Å². The minimum atomic E-state index is 0.221. The number of rotatable bonds is 2. The van der Waals surface area contributed by atoms with E-state index < -0.39 is 0 Å². The van der Waals surface area contributed by atoms with Crippen LogP contribution in [0.5, 0.6) is 0 Å². The van der Waals surface area contributed by atoms with Crippen LogP contribution in [-0.2, 0) is 0 Å². The van der Waals surface area contributed by atoms with Crippen LogP contribution < -0.4 is 0 Å². The van der Waals surface area contributed by atoms with Gasteiger partial charge >= 0.3 is 0 Å². The van der Waals surface area contributed by atoms with Crippen molar-refractivity contribution in [1.82, 2.24) is 0 Å². The van der Waals surface area contributed by atoms with Crippen molar-refractivity contribution in [3.8, 4) is 0 Å². The van der Waals surface area contributed by atoms with E-state index in [1.165, 1.54) is 5.57 Å². The third-order valence-corrected chi connectivity index (χ3v) is 2.29. The zero-order chi connectivity index (χ0) is 13.4. The standard InChI is InChI=1S/C10H19N.C5H10/c1-7-9(8(2)11-6)10(3,4)5;1-4-5(2)3/h7H,1-6H3;4-5H,1H2,2-3H3/b9-7+,11-8?;. The summed E-state index contributed by atoms with van der Waals surface area (Å²) in [6.07, 6.45) is 4.06. The van der Waals surface area contributed by atoms with E-state index in [1.54, 1.807) is 0 Å². The van der Waals surface area contributed by atoms with Crippen LogP contribution in [0, 0.1) is 11.3 Å². The topological polar surface area (TPSA) is 12.4 Å². The third-order valence-electron chi connectivity index (χ3n) is 2.29. The molecule has 0 fully saturated rings. The Kier molecular flexibility index (Phi) is 9.12. The van der Waals surface area contributed by atoms with E-state index in [0.717, 1.165) is 5.71 Å². The lowest BCUT2D eigenvalue weighted by Crippen LogP contribution is -2.15. The highest BCUT2D eigenvalue weighted by molar-refractivity contribution is 5.99. The van der Waals surface area contributed by atoms with E-state index in [9.17, 15) is 0 Å². The lowest BCUT2D eigenvalue weighted by Gasteiger charge is -2.22. The van der Waals surface area contributed by atoms with Gasteiger partial charge in [0.2, 0.25) is 0 Å². The van der Waals surface area contributed by atoms with Gasteiger partial charge in [-0.2, -0.15) is 0 Å². The normalized spacial score (nSPS) is 13.3. The van der Waals surface area contributed by atoms with E-state index in [4.69, 9.17) is 0 Å². The molecule has 0 saturated carbocycles. The molecule has 1 heteroatoms. The summed E-state index contributed by atoms with van der Waals surface area (Å²) >= 11 is 0.